The zero-order chi connectivity index (χ0) is 22.7. The first-order valence-corrected chi connectivity index (χ1v) is 11.5. The minimum absolute atomic E-state index is 0.205. The van der Waals surface area contributed by atoms with Crippen LogP contribution in [0.5, 0.6) is 5.75 Å². The highest BCUT2D eigenvalue weighted by atomic mass is 32.2. The molecule has 0 amide bonds. The normalized spacial score (nSPS) is 11.4. The van der Waals surface area contributed by atoms with Gasteiger partial charge in [-0.2, -0.15) is 0 Å². The van der Waals surface area contributed by atoms with Gasteiger partial charge in [-0.3, -0.25) is 4.79 Å². The Balaban J connectivity index is 1.46. The van der Waals surface area contributed by atoms with Crippen LogP contribution in [0.25, 0.3) is 10.9 Å². The maximum atomic E-state index is 14.1. The lowest BCUT2D eigenvalue weighted by molar-refractivity contribution is 0.288. The molecule has 2 aromatic heterocycles. The monoisotopic (exact) mass is 452 g/mol. The lowest BCUT2D eigenvalue weighted by atomic mass is 10.0. The van der Waals surface area contributed by atoms with Crippen LogP contribution in [0.1, 0.15) is 43.8 Å². The van der Waals surface area contributed by atoms with Crippen LogP contribution in [0.2, 0.25) is 0 Å². The first-order valence-electron chi connectivity index (χ1n) is 10.5. The van der Waals surface area contributed by atoms with Crippen molar-refractivity contribution in [2.24, 2.45) is 0 Å². The minimum Gasteiger partial charge on any atom is -0.486 e. The molecular formula is C24H25FN4O2S. The van der Waals surface area contributed by atoms with E-state index < -0.39 is 5.82 Å². The molecule has 0 saturated carbocycles. The van der Waals surface area contributed by atoms with Crippen LogP contribution in [-0.2, 0) is 18.9 Å². The Morgan fingerprint density at radius 2 is 1.94 bits per heavy atom. The van der Waals surface area contributed by atoms with Gasteiger partial charge in [0.05, 0.1) is 5.52 Å². The highest BCUT2D eigenvalue weighted by molar-refractivity contribution is 7.98. The third kappa shape index (κ3) is 4.70. The van der Waals surface area contributed by atoms with Crippen molar-refractivity contribution in [1.82, 2.24) is 19.7 Å². The molecule has 1 N–H and O–H groups in total. The number of rotatable bonds is 8. The van der Waals surface area contributed by atoms with Gasteiger partial charge in [-0.15, -0.1) is 10.2 Å². The van der Waals surface area contributed by atoms with Crippen molar-refractivity contribution in [3.8, 4) is 5.75 Å². The molecule has 32 heavy (non-hydrogen) atoms. The summed E-state index contributed by atoms with van der Waals surface area (Å²) in [5.74, 6) is 1.98. The Kier molecular flexibility index (Phi) is 6.60. The van der Waals surface area contributed by atoms with Crippen molar-refractivity contribution < 1.29 is 9.13 Å². The zero-order valence-corrected chi connectivity index (χ0v) is 19.1. The van der Waals surface area contributed by atoms with E-state index in [1.807, 2.05) is 23.6 Å². The van der Waals surface area contributed by atoms with Gasteiger partial charge in [0.25, 0.3) is 0 Å². The van der Waals surface area contributed by atoms with Gasteiger partial charge in [-0.05, 0) is 42.7 Å². The number of hydrogen-bond acceptors (Lipinski definition) is 5. The topological polar surface area (TPSA) is 72.8 Å². The maximum Gasteiger partial charge on any atom is 0.191 e. The number of H-pyrrole nitrogens is 1. The quantitative estimate of drug-likeness (QED) is 0.369. The Morgan fingerprint density at radius 1 is 1.16 bits per heavy atom. The summed E-state index contributed by atoms with van der Waals surface area (Å²) in [5, 5.41) is 9.62. The van der Waals surface area contributed by atoms with Gasteiger partial charge in [0.15, 0.2) is 16.4 Å². The molecule has 2 aromatic carbocycles. The standard InChI is InChI=1S/C24H25FN4O2S/c1-4-29-22(13-31-18-10-8-16(9-11-18)15(2)3)27-28-24(29)32-14-17-12-21(30)19-6-5-7-20(25)23(19)26-17/h5-12,15H,4,13-14H2,1-3H3,(H,26,30). The molecule has 0 radical (unpaired) electrons. The number of nitrogens with one attached hydrogen (secondary N) is 1. The molecule has 8 heteroatoms. The summed E-state index contributed by atoms with van der Waals surface area (Å²) in [6.45, 7) is 7.32. The number of fused-ring (bicyclic) bond motifs is 1. The molecule has 0 fully saturated rings. The van der Waals surface area contributed by atoms with E-state index in [0.29, 0.717) is 35.9 Å². The van der Waals surface area contributed by atoms with E-state index in [0.717, 1.165) is 16.7 Å². The first-order chi connectivity index (χ1) is 15.5. The van der Waals surface area contributed by atoms with Crippen molar-refractivity contribution in [2.75, 3.05) is 0 Å². The SMILES string of the molecule is CCn1c(COc2ccc(C(C)C)cc2)nnc1SCc1cc(=O)c2cccc(F)c2[nH]1. The predicted molar refractivity (Wildman–Crippen MR) is 125 cm³/mol. The number of nitrogens with zero attached hydrogens (tertiary/aromatic N) is 3. The Morgan fingerprint density at radius 3 is 2.66 bits per heavy atom. The molecule has 0 aliphatic rings. The average Bonchev–Trinajstić information content (AvgIpc) is 3.19. The van der Waals surface area contributed by atoms with E-state index in [4.69, 9.17) is 4.74 Å². The Hall–Kier alpha value is -3.13. The van der Waals surface area contributed by atoms with Gasteiger partial charge in [-0.1, -0.05) is 43.8 Å². The third-order valence-corrected chi connectivity index (χ3v) is 6.27. The van der Waals surface area contributed by atoms with Crippen molar-refractivity contribution in [3.05, 3.63) is 81.7 Å². The molecule has 0 unspecified atom stereocenters. The van der Waals surface area contributed by atoms with E-state index in [9.17, 15) is 9.18 Å². The van der Waals surface area contributed by atoms with Crippen LogP contribution in [0.3, 0.4) is 0 Å². The van der Waals surface area contributed by atoms with Gasteiger partial charge in [0.1, 0.15) is 18.2 Å². The fraction of sp³-hybridized carbons (Fsp3) is 0.292. The molecule has 0 saturated heterocycles. The van der Waals surface area contributed by atoms with E-state index in [1.54, 1.807) is 6.07 Å². The van der Waals surface area contributed by atoms with Crippen molar-refractivity contribution in [3.63, 3.8) is 0 Å². The van der Waals surface area contributed by atoms with E-state index >= 15 is 0 Å². The van der Waals surface area contributed by atoms with Gasteiger partial charge in [-0.25, -0.2) is 4.39 Å². The molecule has 4 rings (SSSR count). The maximum absolute atomic E-state index is 14.1. The molecular weight excluding hydrogens is 427 g/mol. The summed E-state index contributed by atoms with van der Waals surface area (Å²) in [6.07, 6.45) is 0. The summed E-state index contributed by atoms with van der Waals surface area (Å²) in [7, 11) is 0. The fourth-order valence-corrected chi connectivity index (χ4v) is 4.39. The predicted octanol–water partition coefficient (Wildman–Crippen LogP) is 5.27. The number of para-hydroxylation sites is 1. The number of hydrogen-bond donors (Lipinski definition) is 1. The second-order valence-corrected chi connectivity index (χ2v) is 8.71. The Bertz CT molecular complexity index is 1280. The molecule has 0 atom stereocenters. The van der Waals surface area contributed by atoms with E-state index in [-0.39, 0.29) is 10.9 Å². The lowest BCUT2D eigenvalue weighted by Crippen LogP contribution is -2.08. The smallest absolute Gasteiger partial charge is 0.191 e. The van der Waals surface area contributed by atoms with Crippen molar-refractivity contribution in [2.45, 2.75) is 50.8 Å². The molecule has 2 heterocycles. The van der Waals surface area contributed by atoms with Crippen LogP contribution in [0.15, 0.2) is 58.5 Å². The first kappa shape index (κ1) is 22.1. The fourth-order valence-electron chi connectivity index (χ4n) is 3.46. The van der Waals surface area contributed by atoms with E-state index in [1.165, 1.54) is 35.5 Å². The van der Waals surface area contributed by atoms with Gasteiger partial charge in [0.2, 0.25) is 0 Å². The number of pyridine rings is 1. The molecule has 4 aromatic rings. The second-order valence-electron chi connectivity index (χ2n) is 7.77. The molecule has 166 valence electrons. The summed E-state index contributed by atoms with van der Waals surface area (Å²) >= 11 is 1.44. The lowest BCUT2D eigenvalue weighted by Gasteiger charge is -2.10. The average molecular weight is 453 g/mol. The number of aromatic nitrogens is 4. The molecule has 0 aliphatic heterocycles. The van der Waals surface area contributed by atoms with Crippen LogP contribution >= 0.6 is 11.8 Å². The number of ether oxygens (including phenoxy) is 1. The number of thioether (sulfide) groups is 1. The van der Waals surface area contributed by atoms with Crippen molar-refractivity contribution in [1.29, 1.82) is 0 Å². The second kappa shape index (κ2) is 9.56. The number of halogens is 1. The van der Waals surface area contributed by atoms with Crippen LogP contribution in [-0.4, -0.2) is 19.7 Å². The summed E-state index contributed by atoms with van der Waals surface area (Å²) in [5.41, 5.74) is 1.92. The highest BCUT2D eigenvalue weighted by Crippen LogP contribution is 2.24. The van der Waals surface area contributed by atoms with Gasteiger partial charge >= 0.3 is 0 Å². The van der Waals surface area contributed by atoms with Gasteiger partial charge < -0.3 is 14.3 Å². The van der Waals surface area contributed by atoms with Crippen molar-refractivity contribution >= 4 is 22.7 Å². The van der Waals surface area contributed by atoms with Crippen LogP contribution in [0, 0.1) is 5.82 Å². The Labute approximate surface area is 189 Å². The molecule has 0 aliphatic carbocycles. The largest absolute Gasteiger partial charge is 0.486 e. The summed E-state index contributed by atoms with van der Waals surface area (Å²) < 4.78 is 22.0. The summed E-state index contributed by atoms with van der Waals surface area (Å²) in [4.78, 5) is 15.4. The van der Waals surface area contributed by atoms with Gasteiger partial charge in [0, 0.05) is 29.4 Å². The number of aromatic amines is 1. The van der Waals surface area contributed by atoms with E-state index in [2.05, 4.69) is 41.2 Å². The van der Waals surface area contributed by atoms with Crippen LogP contribution in [0.4, 0.5) is 4.39 Å². The number of benzene rings is 2. The minimum atomic E-state index is -0.441. The third-order valence-electron chi connectivity index (χ3n) is 5.25. The summed E-state index contributed by atoms with van der Waals surface area (Å²) in [6, 6.07) is 14.1. The zero-order valence-electron chi connectivity index (χ0n) is 18.3. The molecule has 6 nitrogen and oxygen atoms in total. The molecule has 0 bridgehead atoms. The molecule has 0 spiro atoms. The highest BCUT2D eigenvalue weighted by Gasteiger charge is 2.13. The van der Waals surface area contributed by atoms with Crippen LogP contribution < -0.4 is 10.2 Å².